The first-order valence-electron chi connectivity index (χ1n) is 9.35. The Labute approximate surface area is 161 Å². The van der Waals surface area contributed by atoms with Crippen LogP contribution in [0.15, 0.2) is 34.9 Å². The van der Waals surface area contributed by atoms with Crippen LogP contribution in [-0.2, 0) is 11.3 Å². The monoisotopic (exact) mass is 377 g/mol. The van der Waals surface area contributed by atoms with Crippen LogP contribution in [0.1, 0.15) is 30.5 Å². The van der Waals surface area contributed by atoms with E-state index in [1.54, 1.807) is 6.26 Å². The summed E-state index contributed by atoms with van der Waals surface area (Å²) in [7, 11) is 0. The Balaban J connectivity index is 0.00000196. The summed E-state index contributed by atoms with van der Waals surface area (Å²) < 4.78 is 11.3. The first-order chi connectivity index (χ1) is 12.3. The maximum atomic E-state index is 5.67. The van der Waals surface area contributed by atoms with Gasteiger partial charge in [0, 0.05) is 30.7 Å². The third-order valence-electron chi connectivity index (χ3n) is 5.43. The SMILES string of the molecule is Cc1ccc(-c2nc(CNC3CCCC3C3COCCN3)co2)cc1.Cl. The molecule has 3 unspecified atom stereocenters. The Kier molecular flexibility index (Phi) is 6.70. The molecule has 1 saturated heterocycles. The van der Waals surface area contributed by atoms with Crippen molar-refractivity contribution in [2.45, 2.75) is 44.8 Å². The van der Waals surface area contributed by atoms with Gasteiger partial charge in [0.1, 0.15) is 6.26 Å². The number of oxazole rings is 1. The molecule has 2 N–H and O–H groups in total. The lowest BCUT2D eigenvalue weighted by atomic mass is 9.94. The number of benzene rings is 1. The predicted octanol–water partition coefficient (Wildman–Crippen LogP) is 3.32. The van der Waals surface area contributed by atoms with Crippen molar-refractivity contribution in [2.24, 2.45) is 5.92 Å². The number of nitrogens with one attached hydrogen (secondary N) is 2. The second-order valence-corrected chi connectivity index (χ2v) is 7.23. The number of aromatic nitrogens is 1. The molecule has 1 saturated carbocycles. The molecule has 1 aliphatic heterocycles. The Bertz CT molecular complexity index is 683. The summed E-state index contributed by atoms with van der Waals surface area (Å²) in [5.74, 6) is 1.34. The molecule has 0 spiro atoms. The number of rotatable bonds is 5. The van der Waals surface area contributed by atoms with Gasteiger partial charge < -0.3 is 19.8 Å². The first kappa shape index (κ1) is 19.4. The fourth-order valence-electron chi connectivity index (χ4n) is 4.04. The van der Waals surface area contributed by atoms with Crippen molar-refractivity contribution in [1.29, 1.82) is 0 Å². The molecule has 4 rings (SSSR count). The van der Waals surface area contributed by atoms with E-state index in [-0.39, 0.29) is 12.4 Å². The molecule has 1 aromatic carbocycles. The largest absolute Gasteiger partial charge is 0.444 e. The third kappa shape index (κ3) is 4.46. The number of morpholine rings is 1. The molecule has 1 aromatic heterocycles. The minimum absolute atomic E-state index is 0. The molecule has 2 fully saturated rings. The van der Waals surface area contributed by atoms with Crippen LogP contribution in [0.3, 0.4) is 0 Å². The van der Waals surface area contributed by atoms with Crippen LogP contribution < -0.4 is 10.6 Å². The lowest BCUT2D eigenvalue weighted by Crippen LogP contribution is -2.50. The standard InChI is InChI=1S/C20H27N3O2.ClH/c1-14-5-7-15(8-6-14)20-23-16(12-25-20)11-22-18-4-2-3-17(18)19-13-24-10-9-21-19;/h5-8,12,17-19,21-22H,2-4,9-11,13H2,1H3;1H. The van der Waals surface area contributed by atoms with Gasteiger partial charge >= 0.3 is 0 Å². The van der Waals surface area contributed by atoms with Crippen LogP contribution in [0, 0.1) is 12.8 Å². The van der Waals surface area contributed by atoms with Crippen molar-refractivity contribution in [1.82, 2.24) is 15.6 Å². The van der Waals surface area contributed by atoms with E-state index in [1.807, 2.05) is 0 Å². The highest BCUT2D eigenvalue weighted by Crippen LogP contribution is 2.30. The van der Waals surface area contributed by atoms with Crippen LogP contribution in [-0.4, -0.2) is 36.8 Å². The molecule has 2 heterocycles. The fourth-order valence-corrected chi connectivity index (χ4v) is 4.04. The van der Waals surface area contributed by atoms with Crippen LogP contribution in [0.2, 0.25) is 0 Å². The second kappa shape index (κ2) is 9.00. The Morgan fingerprint density at radius 1 is 1.23 bits per heavy atom. The molecule has 3 atom stereocenters. The molecule has 2 aromatic rings. The van der Waals surface area contributed by atoms with Crippen molar-refractivity contribution in [3.63, 3.8) is 0 Å². The molecule has 142 valence electrons. The van der Waals surface area contributed by atoms with Gasteiger partial charge in [0.15, 0.2) is 0 Å². The van der Waals surface area contributed by atoms with E-state index in [2.05, 4.69) is 46.8 Å². The van der Waals surface area contributed by atoms with Gasteiger partial charge in [0.25, 0.3) is 0 Å². The summed E-state index contributed by atoms with van der Waals surface area (Å²) in [6.45, 7) is 5.48. The van der Waals surface area contributed by atoms with E-state index in [0.29, 0.717) is 23.9 Å². The highest BCUT2D eigenvalue weighted by molar-refractivity contribution is 5.85. The molecular formula is C20H28ClN3O2. The Morgan fingerprint density at radius 3 is 2.85 bits per heavy atom. The third-order valence-corrected chi connectivity index (χ3v) is 5.43. The van der Waals surface area contributed by atoms with E-state index in [0.717, 1.165) is 37.6 Å². The molecule has 5 nitrogen and oxygen atoms in total. The summed E-state index contributed by atoms with van der Waals surface area (Å²) in [4.78, 5) is 4.64. The Morgan fingerprint density at radius 2 is 2.08 bits per heavy atom. The summed E-state index contributed by atoms with van der Waals surface area (Å²) >= 11 is 0. The van der Waals surface area contributed by atoms with Gasteiger partial charge in [-0.3, -0.25) is 0 Å². The number of nitrogens with zero attached hydrogens (tertiary/aromatic N) is 1. The zero-order valence-electron chi connectivity index (χ0n) is 15.2. The van der Waals surface area contributed by atoms with Gasteiger partial charge in [0.2, 0.25) is 5.89 Å². The van der Waals surface area contributed by atoms with Crippen LogP contribution in [0.4, 0.5) is 0 Å². The van der Waals surface area contributed by atoms with E-state index in [1.165, 1.54) is 24.8 Å². The van der Waals surface area contributed by atoms with Gasteiger partial charge in [-0.2, -0.15) is 0 Å². The molecule has 0 bridgehead atoms. The minimum Gasteiger partial charge on any atom is -0.444 e. The van der Waals surface area contributed by atoms with Gasteiger partial charge in [-0.1, -0.05) is 24.1 Å². The normalized spacial score (nSPS) is 25.8. The number of aryl methyl sites for hydroxylation is 1. The average Bonchev–Trinajstić information content (AvgIpc) is 3.31. The van der Waals surface area contributed by atoms with E-state index in [9.17, 15) is 0 Å². The average molecular weight is 378 g/mol. The quantitative estimate of drug-likeness (QED) is 0.837. The van der Waals surface area contributed by atoms with Crippen LogP contribution in [0.25, 0.3) is 11.5 Å². The van der Waals surface area contributed by atoms with E-state index >= 15 is 0 Å². The molecule has 0 radical (unpaired) electrons. The second-order valence-electron chi connectivity index (χ2n) is 7.23. The van der Waals surface area contributed by atoms with E-state index < -0.39 is 0 Å². The highest BCUT2D eigenvalue weighted by Gasteiger charge is 2.34. The maximum Gasteiger partial charge on any atom is 0.226 e. The van der Waals surface area contributed by atoms with Crippen molar-refractivity contribution in [3.05, 3.63) is 41.8 Å². The smallest absolute Gasteiger partial charge is 0.226 e. The predicted molar refractivity (Wildman–Crippen MR) is 105 cm³/mol. The molecule has 26 heavy (non-hydrogen) atoms. The number of ether oxygens (including phenoxy) is 1. The lowest BCUT2D eigenvalue weighted by Gasteiger charge is -2.32. The fraction of sp³-hybridized carbons (Fsp3) is 0.550. The van der Waals surface area contributed by atoms with Crippen LogP contribution >= 0.6 is 12.4 Å². The van der Waals surface area contributed by atoms with Gasteiger partial charge in [-0.15, -0.1) is 12.4 Å². The highest BCUT2D eigenvalue weighted by atomic mass is 35.5. The van der Waals surface area contributed by atoms with Crippen molar-refractivity contribution in [3.8, 4) is 11.5 Å². The van der Waals surface area contributed by atoms with E-state index in [4.69, 9.17) is 9.15 Å². The zero-order chi connectivity index (χ0) is 17.1. The van der Waals surface area contributed by atoms with Crippen molar-refractivity contribution in [2.75, 3.05) is 19.8 Å². The molecule has 1 aliphatic carbocycles. The molecule has 0 amide bonds. The number of hydrogen-bond acceptors (Lipinski definition) is 5. The zero-order valence-corrected chi connectivity index (χ0v) is 16.1. The topological polar surface area (TPSA) is 59.3 Å². The summed E-state index contributed by atoms with van der Waals surface area (Å²) in [6.07, 6.45) is 5.56. The molecular weight excluding hydrogens is 350 g/mol. The molecule has 6 heteroatoms. The number of hydrogen-bond donors (Lipinski definition) is 2. The van der Waals surface area contributed by atoms with Gasteiger partial charge in [0.05, 0.1) is 18.9 Å². The van der Waals surface area contributed by atoms with Crippen LogP contribution in [0.5, 0.6) is 0 Å². The Hall–Kier alpha value is -1.40. The lowest BCUT2D eigenvalue weighted by molar-refractivity contribution is 0.0524. The van der Waals surface area contributed by atoms with Gasteiger partial charge in [-0.05, 0) is 37.8 Å². The van der Waals surface area contributed by atoms with Crippen molar-refractivity contribution < 1.29 is 9.15 Å². The minimum atomic E-state index is 0. The van der Waals surface area contributed by atoms with Gasteiger partial charge in [-0.25, -0.2) is 4.98 Å². The van der Waals surface area contributed by atoms with Crippen molar-refractivity contribution >= 4 is 12.4 Å². The molecule has 2 aliphatic rings. The summed E-state index contributed by atoms with van der Waals surface area (Å²) in [5, 5.41) is 7.32. The number of halogens is 1. The summed E-state index contributed by atoms with van der Waals surface area (Å²) in [5.41, 5.74) is 3.23. The maximum absolute atomic E-state index is 5.67. The summed E-state index contributed by atoms with van der Waals surface area (Å²) in [6, 6.07) is 9.28. The first-order valence-corrected chi connectivity index (χ1v) is 9.35.